The number of benzene rings is 1. The summed E-state index contributed by atoms with van der Waals surface area (Å²) < 4.78 is 30.9. The molecule has 4 fully saturated rings. The van der Waals surface area contributed by atoms with Crippen molar-refractivity contribution in [2.24, 2.45) is 11.8 Å². The van der Waals surface area contributed by atoms with Crippen molar-refractivity contribution in [2.75, 3.05) is 19.3 Å². The zero-order valence-corrected chi connectivity index (χ0v) is 20.0. The average Bonchev–Trinajstić information content (AvgIpc) is 3.49. The first-order valence-corrected chi connectivity index (χ1v) is 13.2. The van der Waals surface area contributed by atoms with Crippen molar-refractivity contribution < 1.29 is 17.9 Å². The number of ether oxygens (including phenoxy) is 1. The molecule has 6 nitrogen and oxygen atoms in total. The molecule has 2 aliphatic heterocycles. The molecule has 2 saturated heterocycles. The third-order valence-corrected chi connectivity index (χ3v) is 9.09. The summed E-state index contributed by atoms with van der Waals surface area (Å²) in [6, 6.07) is 6.92. The van der Waals surface area contributed by atoms with Gasteiger partial charge in [-0.2, -0.15) is 0 Å². The van der Waals surface area contributed by atoms with Crippen LogP contribution in [-0.2, 0) is 14.6 Å². The molecule has 2 aliphatic carbocycles. The molecule has 4 aliphatic rings. The highest BCUT2D eigenvalue weighted by Gasteiger charge is 2.50. The van der Waals surface area contributed by atoms with E-state index in [9.17, 15) is 13.2 Å². The minimum absolute atomic E-state index is 0.180. The van der Waals surface area contributed by atoms with Crippen LogP contribution in [0.25, 0.3) is 0 Å². The molecule has 0 radical (unpaired) electrons. The molecule has 5 rings (SSSR count). The Kier molecular flexibility index (Phi) is 5.88. The lowest BCUT2D eigenvalue weighted by atomic mass is 9.66. The minimum Gasteiger partial charge on any atom is -0.444 e. The lowest BCUT2D eigenvalue weighted by Crippen LogP contribution is -2.62. The number of carbonyl (C=O) groups is 1. The third-order valence-electron chi connectivity index (χ3n) is 7.19. The predicted octanol–water partition coefficient (Wildman–Crippen LogP) is 4.31. The number of piperidine rings is 2. The second-order valence-electron chi connectivity index (χ2n) is 10.8. The number of fused-ring (bicyclic) bond motifs is 3. The van der Waals surface area contributed by atoms with E-state index < -0.39 is 21.5 Å². The Morgan fingerprint density at radius 3 is 2.29 bits per heavy atom. The van der Waals surface area contributed by atoms with E-state index in [1.807, 2.05) is 32.9 Å². The molecule has 0 aromatic heterocycles. The first-order chi connectivity index (χ1) is 14.5. The topological polar surface area (TPSA) is 75.7 Å². The van der Waals surface area contributed by atoms with Crippen molar-refractivity contribution in [1.29, 1.82) is 0 Å². The van der Waals surface area contributed by atoms with Gasteiger partial charge in [-0.3, -0.25) is 4.90 Å². The molecular weight excluding hydrogens is 412 g/mol. The Bertz CT molecular complexity index is 908. The van der Waals surface area contributed by atoms with Gasteiger partial charge in [-0.25, -0.2) is 13.2 Å². The molecular formula is C24H36N2O4S. The van der Waals surface area contributed by atoms with Crippen molar-refractivity contribution in [1.82, 2.24) is 10.2 Å². The van der Waals surface area contributed by atoms with Gasteiger partial charge in [0.2, 0.25) is 0 Å². The third kappa shape index (κ3) is 4.92. The zero-order chi connectivity index (χ0) is 22.4. The smallest absolute Gasteiger partial charge is 0.408 e. The molecule has 1 amide bonds. The van der Waals surface area contributed by atoms with Crippen LogP contribution in [0.15, 0.2) is 29.2 Å². The van der Waals surface area contributed by atoms with E-state index in [1.54, 1.807) is 12.1 Å². The fourth-order valence-electron chi connectivity index (χ4n) is 5.33. The van der Waals surface area contributed by atoms with Gasteiger partial charge >= 0.3 is 6.09 Å². The Hall–Kier alpha value is -1.60. The highest BCUT2D eigenvalue weighted by atomic mass is 32.2. The zero-order valence-electron chi connectivity index (χ0n) is 19.2. The largest absolute Gasteiger partial charge is 0.444 e. The average molecular weight is 449 g/mol. The molecule has 7 heteroatoms. The number of hydrogen-bond acceptors (Lipinski definition) is 5. The summed E-state index contributed by atoms with van der Waals surface area (Å²) >= 11 is 0. The van der Waals surface area contributed by atoms with Gasteiger partial charge in [0.05, 0.1) is 16.7 Å². The van der Waals surface area contributed by atoms with Crippen molar-refractivity contribution in [3.05, 3.63) is 29.8 Å². The standard InChI is InChI=1S/C24H36N2O4S/c1-23(2,3)30-22(27)25-21(24-13-11-17(12-14-24)15-26(24)4)19-7-9-20(10-8-19)31(28,29)16-18-5-6-18/h7-10,17-18,21H,5-6,11-16H2,1-4H3,(H,25,27)/t17?,21-,24?/m1/s1. The van der Waals surface area contributed by atoms with Crippen LogP contribution in [0.2, 0.25) is 0 Å². The predicted molar refractivity (Wildman–Crippen MR) is 121 cm³/mol. The first-order valence-electron chi connectivity index (χ1n) is 11.5. The van der Waals surface area contributed by atoms with Crippen molar-refractivity contribution in [3.8, 4) is 0 Å². The van der Waals surface area contributed by atoms with Crippen molar-refractivity contribution in [2.45, 2.75) is 81.4 Å². The molecule has 0 unspecified atom stereocenters. The van der Waals surface area contributed by atoms with Crippen LogP contribution in [0.3, 0.4) is 0 Å². The van der Waals surface area contributed by atoms with E-state index in [-0.39, 0.29) is 17.3 Å². The molecule has 31 heavy (non-hydrogen) atoms. The van der Waals surface area contributed by atoms with Gasteiger partial charge in [-0.15, -0.1) is 0 Å². The fourth-order valence-corrected chi connectivity index (χ4v) is 7.03. The molecule has 2 saturated carbocycles. The van der Waals surface area contributed by atoms with Gasteiger partial charge in [-0.1, -0.05) is 12.1 Å². The number of nitrogens with zero attached hydrogens (tertiary/aromatic N) is 1. The SMILES string of the molecule is CN1CC2CCC1([C@H](NC(=O)OC(C)(C)C)c1ccc(S(=O)(=O)CC3CC3)cc1)CC2. The van der Waals surface area contributed by atoms with Crippen LogP contribution in [0.5, 0.6) is 0 Å². The van der Waals surface area contributed by atoms with Gasteiger partial charge < -0.3 is 10.1 Å². The van der Waals surface area contributed by atoms with E-state index in [0.717, 1.165) is 56.6 Å². The first kappa shape index (κ1) is 22.6. The Balaban J connectivity index is 1.63. The number of sulfone groups is 1. The molecule has 1 aromatic carbocycles. The van der Waals surface area contributed by atoms with Gasteiger partial charge in [0.1, 0.15) is 5.60 Å². The normalized spacial score (nSPS) is 27.7. The number of hydrogen-bond donors (Lipinski definition) is 1. The summed E-state index contributed by atoms with van der Waals surface area (Å²) in [7, 11) is -1.12. The minimum atomic E-state index is -3.26. The van der Waals surface area contributed by atoms with Crippen LogP contribution in [-0.4, -0.2) is 49.9 Å². The Morgan fingerprint density at radius 2 is 1.77 bits per heavy atom. The lowest BCUT2D eigenvalue weighted by molar-refractivity contribution is -0.0442. The summed E-state index contributed by atoms with van der Waals surface area (Å²) in [5.74, 6) is 1.28. The number of carbonyl (C=O) groups excluding carboxylic acids is 1. The molecule has 1 atom stereocenters. The van der Waals surface area contributed by atoms with E-state index in [1.165, 1.54) is 0 Å². The maximum atomic E-state index is 12.8. The number of alkyl carbamates (subject to hydrolysis) is 1. The second kappa shape index (κ2) is 8.07. The van der Waals surface area contributed by atoms with Crippen molar-refractivity contribution >= 4 is 15.9 Å². The molecule has 2 heterocycles. The Labute approximate surface area is 186 Å². The summed E-state index contributed by atoms with van der Waals surface area (Å²) in [6.07, 6.45) is 5.92. The monoisotopic (exact) mass is 448 g/mol. The maximum Gasteiger partial charge on any atom is 0.408 e. The van der Waals surface area contributed by atoms with Crippen LogP contribution >= 0.6 is 0 Å². The summed E-state index contributed by atoms with van der Waals surface area (Å²) in [5.41, 5.74) is 0.173. The Morgan fingerprint density at radius 1 is 1.16 bits per heavy atom. The lowest BCUT2D eigenvalue weighted by Gasteiger charge is -2.57. The van der Waals surface area contributed by atoms with Gasteiger partial charge in [0.25, 0.3) is 0 Å². The second-order valence-corrected chi connectivity index (χ2v) is 12.8. The van der Waals surface area contributed by atoms with Crippen LogP contribution < -0.4 is 5.32 Å². The van der Waals surface area contributed by atoms with E-state index in [0.29, 0.717) is 10.8 Å². The molecule has 1 aromatic rings. The molecule has 1 N–H and O–H groups in total. The molecule has 2 bridgehead atoms. The van der Waals surface area contributed by atoms with Gasteiger partial charge in [0.15, 0.2) is 9.84 Å². The number of nitrogens with one attached hydrogen (secondary N) is 1. The van der Waals surface area contributed by atoms with Gasteiger partial charge in [-0.05, 0) is 95.9 Å². The van der Waals surface area contributed by atoms with Crippen LogP contribution in [0, 0.1) is 11.8 Å². The van der Waals surface area contributed by atoms with Crippen LogP contribution in [0.4, 0.5) is 4.79 Å². The quantitative estimate of drug-likeness (QED) is 0.702. The van der Waals surface area contributed by atoms with Crippen molar-refractivity contribution in [3.63, 3.8) is 0 Å². The number of likely N-dealkylation sites (N-methyl/N-ethyl adjacent to an activating group) is 1. The molecule has 0 spiro atoms. The fraction of sp³-hybridized carbons (Fsp3) is 0.708. The highest BCUT2D eigenvalue weighted by molar-refractivity contribution is 7.91. The number of amides is 1. The molecule has 172 valence electrons. The maximum absolute atomic E-state index is 12.8. The van der Waals surface area contributed by atoms with Crippen LogP contribution in [0.1, 0.15) is 70.9 Å². The van der Waals surface area contributed by atoms with E-state index in [4.69, 9.17) is 4.74 Å². The summed E-state index contributed by atoms with van der Waals surface area (Å²) in [4.78, 5) is 15.5. The van der Waals surface area contributed by atoms with E-state index >= 15 is 0 Å². The van der Waals surface area contributed by atoms with E-state index in [2.05, 4.69) is 17.3 Å². The van der Waals surface area contributed by atoms with Gasteiger partial charge in [0, 0.05) is 12.1 Å². The summed E-state index contributed by atoms with van der Waals surface area (Å²) in [5, 5.41) is 3.15. The summed E-state index contributed by atoms with van der Waals surface area (Å²) in [6.45, 7) is 6.60. The number of rotatable bonds is 6. The highest BCUT2D eigenvalue weighted by Crippen LogP contribution is 2.49.